The van der Waals surface area contributed by atoms with E-state index in [0.29, 0.717) is 6.04 Å². The Morgan fingerprint density at radius 3 is 2.69 bits per heavy atom. The molecule has 1 aliphatic heterocycles. The maximum Gasteiger partial charge on any atom is 0.124 e. The Labute approximate surface area is 98.2 Å². The summed E-state index contributed by atoms with van der Waals surface area (Å²) in [6.07, 6.45) is 2.78. The Morgan fingerprint density at radius 2 is 2.06 bits per heavy atom. The van der Waals surface area contributed by atoms with E-state index in [1.54, 1.807) is 0 Å². The molecule has 0 amide bonds. The van der Waals surface area contributed by atoms with Crippen LogP contribution in [0.3, 0.4) is 0 Å². The average Bonchev–Trinajstić information content (AvgIpc) is 2.64. The molecule has 0 aromatic heterocycles. The highest BCUT2D eigenvalue weighted by Crippen LogP contribution is 2.35. The minimum Gasteiger partial charge on any atom is -0.491 e. The summed E-state index contributed by atoms with van der Waals surface area (Å²) >= 11 is 0. The van der Waals surface area contributed by atoms with Crippen LogP contribution < -0.4 is 4.74 Å². The van der Waals surface area contributed by atoms with Gasteiger partial charge in [-0.3, -0.25) is 4.90 Å². The van der Waals surface area contributed by atoms with Gasteiger partial charge >= 0.3 is 0 Å². The lowest BCUT2D eigenvalue weighted by molar-refractivity contribution is 0.230. The van der Waals surface area contributed by atoms with Crippen LogP contribution in [-0.4, -0.2) is 24.6 Å². The molecule has 1 aromatic rings. The highest BCUT2D eigenvalue weighted by atomic mass is 16.5. The number of likely N-dealkylation sites (tertiary alicyclic amines) is 1. The fourth-order valence-corrected chi connectivity index (χ4v) is 2.42. The maximum atomic E-state index is 5.88. The molecule has 0 N–H and O–H groups in total. The summed E-state index contributed by atoms with van der Waals surface area (Å²) in [6.45, 7) is 5.35. The summed E-state index contributed by atoms with van der Waals surface area (Å²) in [5.41, 5.74) is 1.34. The number of ether oxygens (including phenoxy) is 1. The molecule has 1 unspecified atom stereocenters. The van der Waals surface area contributed by atoms with Crippen molar-refractivity contribution < 1.29 is 4.74 Å². The van der Waals surface area contributed by atoms with Gasteiger partial charge in [0.05, 0.1) is 6.10 Å². The molecule has 0 aliphatic carbocycles. The molecule has 0 bridgehead atoms. The van der Waals surface area contributed by atoms with Gasteiger partial charge in [-0.25, -0.2) is 0 Å². The molecule has 1 aromatic carbocycles. The first kappa shape index (κ1) is 11.5. The lowest BCUT2D eigenvalue weighted by Crippen LogP contribution is -2.19. The van der Waals surface area contributed by atoms with Crippen molar-refractivity contribution in [2.45, 2.75) is 38.8 Å². The van der Waals surface area contributed by atoms with Crippen LogP contribution in [0.15, 0.2) is 24.3 Å². The van der Waals surface area contributed by atoms with Crippen molar-refractivity contribution >= 4 is 0 Å². The van der Waals surface area contributed by atoms with Gasteiger partial charge in [-0.2, -0.15) is 0 Å². The summed E-state index contributed by atoms with van der Waals surface area (Å²) in [5.74, 6) is 1.05. The van der Waals surface area contributed by atoms with Crippen molar-refractivity contribution in [2.75, 3.05) is 13.6 Å². The van der Waals surface area contributed by atoms with Gasteiger partial charge in [-0.15, -0.1) is 0 Å². The summed E-state index contributed by atoms with van der Waals surface area (Å²) < 4.78 is 5.88. The zero-order valence-corrected chi connectivity index (χ0v) is 10.4. The fourth-order valence-electron chi connectivity index (χ4n) is 2.42. The third-order valence-corrected chi connectivity index (χ3v) is 3.16. The van der Waals surface area contributed by atoms with Crippen LogP contribution >= 0.6 is 0 Å². The highest BCUT2D eigenvalue weighted by molar-refractivity contribution is 5.36. The van der Waals surface area contributed by atoms with Gasteiger partial charge in [-0.05, 0) is 46.3 Å². The van der Waals surface area contributed by atoms with Crippen LogP contribution in [-0.2, 0) is 0 Å². The van der Waals surface area contributed by atoms with Gasteiger partial charge in [0.25, 0.3) is 0 Å². The van der Waals surface area contributed by atoms with Gasteiger partial charge in [0.15, 0.2) is 0 Å². The number of rotatable bonds is 3. The Morgan fingerprint density at radius 1 is 1.31 bits per heavy atom. The Hall–Kier alpha value is -1.02. The number of para-hydroxylation sites is 1. The van der Waals surface area contributed by atoms with E-state index in [4.69, 9.17) is 4.74 Å². The van der Waals surface area contributed by atoms with Gasteiger partial charge in [0.1, 0.15) is 5.75 Å². The molecule has 88 valence electrons. The Balaban J connectivity index is 2.25. The second-order valence-corrected chi connectivity index (χ2v) is 4.84. The highest BCUT2D eigenvalue weighted by Gasteiger charge is 2.25. The predicted octanol–water partition coefficient (Wildman–Crippen LogP) is 3.24. The zero-order valence-electron chi connectivity index (χ0n) is 10.4. The molecular formula is C14H21NO. The topological polar surface area (TPSA) is 12.5 Å². The van der Waals surface area contributed by atoms with Crippen LogP contribution in [0, 0.1) is 0 Å². The van der Waals surface area contributed by atoms with E-state index < -0.39 is 0 Å². The molecule has 1 heterocycles. The Bertz CT molecular complexity index is 348. The van der Waals surface area contributed by atoms with Crippen LogP contribution in [0.5, 0.6) is 5.75 Å². The van der Waals surface area contributed by atoms with Crippen molar-refractivity contribution in [3.8, 4) is 5.75 Å². The lowest BCUT2D eigenvalue weighted by Gasteiger charge is -2.23. The van der Waals surface area contributed by atoms with Crippen LogP contribution in [0.1, 0.15) is 38.3 Å². The van der Waals surface area contributed by atoms with E-state index in [2.05, 4.69) is 50.1 Å². The third kappa shape index (κ3) is 2.38. The SMILES string of the molecule is CC(C)Oc1ccccc1C1CCCN1C. The predicted molar refractivity (Wildman–Crippen MR) is 66.8 cm³/mol. The summed E-state index contributed by atoms with van der Waals surface area (Å²) in [7, 11) is 2.20. The van der Waals surface area contributed by atoms with Crippen molar-refractivity contribution in [1.29, 1.82) is 0 Å². The van der Waals surface area contributed by atoms with Gasteiger partial charge in [0.2, 0.25) is 0 Å². The van der Waals surface area contributed by atoms with E-state index >= 15 is 0 Å². The van der Waals surface area contributed by atoms with Crippen LogP contribution in [0.2, 0.25) is 0 Å². The quantitative estimate of drug-likeness (QED) is 0.773. The first-order chi connectivity index (χ1) is 7.68. The van der Waals surface area contributed by atoms with Gasteiger partial charge in [-0.1, -0.05) is 18.2 Å². The van der Waals surface area contributed by atoms with Gasteiger partial charge in [0, 0.05) is 11.6 Å². The molecular weight excluding hydrogens is 198 g/mol. The molecule has 0 radical (unpaired) electrons. The number of hydrogen-bond acceptors (Lipinski definition) is 2. The maximum absolute atomic E-state index is 5.88. The first-order valence-electron chi connectivity index (χ1n) is 6.14. The molecule has 1 aliphatic rings. The van der Waals surface area contributed by atoms with Crippen molar-refractivity contribution in [3.63, 3.8) is 0 Å². The number of hydrogen-bond donors (Lipinski definition) is 0. The molecule has 2 nitrogen and oxygen atoms in total. The van der Waals surface area contributed by atoms with E-state index in [1.165, 1.54) is 24.9 Å². The van der Waals surface area contributed by atoms with Crippen molar-refractivity contribution in [3.05, 3.63) is 29.8 Å². The second-order valence-electron chi connectivity index (χ2n) is 4.84. The molecule has 0 saturated carbocycles. The van der Waals surface area contributed by atoms with E-state index in [-0.39, 0.29) is 6.10 Å². The van der Waals surface area contributed by atoms with Crippen molar-refractivity contribution in [1.82, 2.24) is 4.90 Å². The average molecular weight is 219 g/mol. The van der Waals surface area contributed by atoms with E-state index in [9.17, 15) is 0 Å². The number of benzene rings is 1. The molecule has 1 atom stereocenters. The standard InChI is InChI=1S/C14H21NO/c1-11(2)16-14-9-5-4-7-12(14)13-8-6-10-15(13)3/h4-5,7,9,11,13H,6,8,10H2,1-3H3. The monoisotopic (exact) mass is 219 g/mol. The minimum atomic E-state index is 0.243. The smallest absolute Gasteiger partial charge is 0.124 e. The van der Waals surface area contributed by atoms with Gasteiger partial charge < -0.3 is 4.74 Å². The number of nitrogens with zero attached hydrogens (tertiary/aromatic N) is 1. The molecule has 1 fully saturated rings. The van der Waals surface area contributed by atoms with Crippen LogP contribution in [0.4, 0.5) is 0 Å². The summed E-state index contributed by atoms with van der Waals surface area (Å²) in [6, 6.07) is 8.98. The third-order valence-electron chi connectivity index (χ3n) is 3.16. The first-order valence-corrected chi connectivity index (χ1v) is 6.14. The minimum absolute atomic E-state index is 0.243. The largest absolute Gasteiger partial charge is 0.491 e. The normalized spacial score (nSPS) is 21.6. The zero-order chi connectivity index (χ0) is 11.5. The molecule has 16 heavy (non-hydrogen) atoms. The van der Waals surface area contributed by atoms with Crippen LogP contribution in [0.25, 0.3) is 0 Å². The summed E-state index contributed by atoms with van der Waals surface area (Å²) in [5, 5.41) is 0. The summed E-state index contributed by atoms with van der Waals surface area (Å²) in [4.78, 5) is 2.42. The lowest BCUT2D eigenvalue weighted by atomic mass is 10.0. The Kier molecular flexibility index (Phi) is 3.49. The fraction of sp³-hybridized carbons (Fsp3) is 0.571. The second kappa shape index (κ2) is 4.88. The molecule has 0 spiro atoms. The molecule has 2 heteroatoms. The van der Waals surface area contributed by atoms with E-state index in [1.807, 2.05) is 0 Å². The van der Waals surface area contributed by atoms with Crippen molar-refractivity contribution in [2.24, 2.45) is 0 Å². The van der Waals surface area contributed by atoms with E-state index in [0.717, 1.165) is 5.75 Å². The molecule has 2 rings (SSSR count). The molecule has 1 saturated heterocycles.